The van der Waals surface area contributed by atoms with Crippen molar-refractivity contribution in [2.75, 3.05) is 18.2 Å². The van der Waals surface area contributed by atoms with Gasteiger partial charge in [-0.2, -0.15) is 0 Å². The van der Waals surface area contributed by atoms with E-state index in [2.05, 4.69) is 5.32 Å². The molecule has 3 rings (SSSR count). The number of amides is 1. The minimum Gasteiger partial charge on any atom is -0.462 e. The number of carbonyl (C=O) groups is 2. The Morgan fingerprint density at radius 1 is 1.23 bits per heavy atom. The smallest absolute Gasteiger partial charge is 0.341 e. The second kappa shape index (κ2) is 8.73. The Morgan fingerprint density at radius 2 is 2.04 bits per heavy atom. The Hall–Kier alpha value is -1.79. The molecule has 0 aliphatic heterocycles. The van der Waals surface area contributed by atoms with E-state index >= 15 is 0 Å². The zero-order valence-corrected chi connectivity index (χ0v) is 16.7. The van der Waals surface area contributed by atoms with E-state index in [1.54, 1.807) is 24.8 Å². The first-order valence-electron chi connectivity index (χ1n) is 8.91. The normalized spacial score (nSPS) is 13.6. The molecule has 26 heavy (non-hydrogen) atoms. The Morgan fingerprint density at radius 3 is 2.81 bits per heavy atom. The summed E-state index contributed by atoms with van der Waals surface area (Å²) in [7, 11) is 0. The molecule has 1 aliphatic rings. The summed E-state index contributed by atoms with van der Waals surface area (Å²) in [5, 5.41) is 3.58. The molecule has 0 spiro atoms. The molecule has 0 fully saturated rings. The van der Waals surface area contributed by atoms with Gasteiger partial charge in [-0.3, -0.25) is 4.79 Å². The van der Waals surface area contributed by atoms with E-state index in [0.29, 0.717) is 22.7 Å². The maximum absolute atomic E-state index is 12.7. The fraction of sp³-hybridized carbons (Fsp3) is 0.400. The molecular formula is C20H23NO3S2. The number of nitrogens with one attached hydrogen (secondary N) is 1. The number of fused-ring (bicyclic) bond motifs is 1. The maximum atomic E-state index is 12.7. The van der Waals surface area contributed by atoms with E-state index in [4.69, 9.17) is 4.74 Å². The molecule has 138 valence electrons. The quantitative estimate of drug-likeness (QED) is 0.435. The highest BCUT2D eigenvalue weighted by atomic mass is 32.2. The lowest BCUT2D eigenvalue weighted by molar-refractivity contribution is 0.0527. The van der Waals surface area contributed by atoms with Crippen molar-refractivity contribution in [3.8, 4) is 0 Å². The van der Waals surface area contributed by atoms with E-state index in [1.165, 1.54) is 22.6 Å². The monoisotopic (exact) mass is 389 g/mol. The molecule has 1 heterocycles. The second-order valence-corrected chi connectivity index (χ2v) is 8.16. The highest BCUT2D eigenvalue weighted by Crippen LogP contribution is 2.38. The van der Waals surface area contributed by atoms with Gasteiger partial charge in [0.2, 0.25) is 0 Å². The molecule has 1 aromatic heterocycles. The van der Waals surface area contributed by atoms with E-state index in [9.17, 15) is 9.59 Å². The highest BCUT2D eigenvalue weighted by Gasteiger charge is 2.26. The molecular weight excluding hydrogens is 366 g/mol. The molecule has 1 amide bonds. The Bertz CT molecular complexity index is 813. The Balaban J connectivity index is 1.93. The number of rotatable bonds is 5. The van der Waals surface area contributed by atoms with Crippen LogP contribution in [0.15, 0.2) is 29.2 Å². The number of hydrogen-bond donors (Lipinski definition) is 1. The standard InChI is InChI=1S/C20H23NO3S2/c1-3-24-20(23)17-15-10-5-4-6-11-16(15)26-19(17)21-18(22)13-8-7-9-14(12-13)25-2/h7-9,12H,3-6,10-11H2,1-2H3,(H,21,22). The van der Waals surface area contributed by atoms with Crippen molar-refractivity contribution in [3.63, 3.8) is 0 Å². The van der Waals surface area contributed by atoms with Crippen molar-refractivity contribution in [1.29, 1.82) is 0 Å². The minimum atomic E-state index is -0.333. The predicted octanol–water partition coefficient (Wildman–Crippen LogP) is 5.17. The lowest BCUT2D eigenvalue weighted by Gasteiger charge is -2.09. The van der Waals surface area contributed by atoms with Crippen molar-refractivity contribution in [3.05, 3.63) is 45.8 Å². The Labute approximate surface area is 162 Å². The molecule has 0 saturated carbocycles. The van der Waals surface area contributed by atoms with Crippen LogP contribution in [0, 0.1) is 0 Å². The Kier molecular flexibility index (Phi) is 6.38. The van der Waals surface area contributed by atoms with Gasteiger partial charge in [-0.05, 0) is 62.6 Å². The van der Waals surface area contributed by atoms with Gasteiger partial charge in [0.1, 0.15) is 5.00 Å². The molecule has 0 radical (unpaired) electrons. The molecule has 1 aliphatic carbocycles. The van der Waals surface area contributed by atoms with Crippen molar-refractivity contribution in [2.45, 2.75) is 43.9 Å². The summed E-state index contributed by atoms with van der Waals surface area (Å²) in [4.78, 5) is 27.5. The molecule has 1 N–H and O–H groups in total. The highest BCUT2D eigenvalue weighted by molar-refractivity contribution is 7.98. The largest absolute Gasteiger partial charge is 0.462 e. The third-order valence-corrected chi connectivity index (χ3v) is 6.39. The molecule has 0 atom stereocenters. The number of aryl methyl sites for hydroxylation is 1. The first-order chi connectivity index (χ1) is 12.6. The number of thioether (sulfide) groups is 1. The van der Waals surface area contributed by atoms with Gasteiger partial charge >= 0.3 is 5.97 Å². The van der Waals surface area contributed by atoms with Crippen LogP contribution in [0.4, 0.5) is 5.00 Å². The summed E-state index contributed by atoms with van der Waals surface area (Å²) in [5.74, 6) is -0.525. The van der Waals surface area contributed by atoms with Crippen LogP contribution in [0.2, 0.25) is 0 Å². The summed E-state index contributed by atoms with van der Waals surface area (Å²) in [5.41, 5.74) is 2.22. The predicted molar refractivity (Wildman–Crippen MR) is 108 cm³/mol. The number of anilines is 1. The zero-order chi connectivity index (χ0) is 18.5. The van der Waals surface area contributed by atoms with Gasteiger partial charge in [-0.15, -0.1) is 23.1 Å². The van der Waals surface area contributed by atoms with Crippen LogP contribution < -0.4 is 5.32 Å². The fourth-order valence-electron chi connectivity index (χ4n) is 3.19. The van der Waals surface area contributed by atoms with Gasteiger partial charge in [0, 0.05) is 15.3 Å². The molecule has 0 bridgehead atoms. The van der Waals surface area contributed by atoms with Crippen LogP contribution in [0.1, 0.15) is 57.3 Å². The van der Waals surface area contributed by atoms with Crippen molar-refractivity contribution < 1.29 is 14.3 Å². The van der Waals surface area contributed by atoms with Crippen LogP contribution in [-0.4, -0.2) is 24.7 Å². The SMILES string of the molecule is CCOC(=O)c1c(NC(=O)c2cccc(SC)c2)sc2c1CCCCC2. The maximum Gasteiger partial charge on any atom is 0.341 e. The summed E-state index contributed by atoms with van der Waals surface area (Å²) in [6.07, 6.45) is 7.18. The van der Waals surface area contributed by atoms with Crippen molar-refractivity contribution in [1.82, 2.24) is 0 Å². The van der Waals surface area contributed by atoms with Crippen molar-refractivity contribution >= 4 is 40.0 Å². The van der Waals surface area contributed by atoms with Crippen LogP contribution in [0.3, 0.4) is 0 Å². The summed E-state index contributed by atoms with van der Waals surface area (Å²) in [6.45, 7) is 2.13. The zero-order valence-electron chi connectivity index (χ0n) is 15.1. The van der Waals surface area contributed by atoms with Crippen LogP contribution in [-0.2, 0) is 17.6 Å². The van der Waals surface area contributed by atoms with E-state index in [0.717, 1.165) is 36.1 Å². The lowest BCUT2D eigenvalue weighted by Crippen LogP contribution is -2.15. The number of benzene rings is 1. The van der Waals surface area contributed by atoms with E-state index in [1.807, 2.05) is 24.5 Å². The summed E-state index contributed by atoms with van der Waals surface area (Å²) in [6, 6.07) is 7.50. The van der Waals surface area contributed by atoms with Gasteiger partial charge in [0.25, 0.3) is 5.91 Å². The first-order valence-corrected chi connectivity index (χ1v) is 10.9. The van der Waals surface area contributed by atoms with Crippen LogP contribution in [0.25, 0.3) is 0 Å². The fourth-order valence-corrected chi connectivity index (χ4v) is 4.92. The second-order valence-electron chi connectivity index (χ2n) is 6.18. The van der Waals surface area contributed by atoms with Crippen LogP contribution >= 0.6 is 23.1 Å². The number of thiophene rings is 1. The molecule has 6 heteroatoms. The van der Waals surface area contributed by atoms with Gasteiger partial charge in [0.15, 0.2) is 0 Å². The van der Waals surface area contributed by atoms with Gasteiger partial charge in [-0.1, -0.05) is 12.5 Å². The summed E-state index contributed by atoms with van der Waals surface area (Å²) >= 11 is 3.12. The average Bonchev–Trinajstić information content (AvgIpc) is 2.82. The molecule has 0 saturated heterocycles. The molecule has 2 aromatic rings. The number of hydrogen-bond acceptors (Lipinski definition) is 5. The molecule has 0 unspecified atom stereocenters. The third kappa shape index (κ3) is 4.13. The first kappa shape index (κ1) is 19.0. The van der Waals surface area contributed by atoms with E-state index < -0.39 is 0 Å². The minimum absolute atomic E-state index is 0.192. The molecule has 4 nitrogen and oxygen atoms in total. The van der Waals surface area contributed by atoms with Gasteiger partial charge in [-0.25, -0.2) is 4.79 Å². The number of esters is 1. The molecule has 1 aromatic carbocycles. The van der Waals surface area contributed by atoms with Crippen molar-refractivity contribution in [2.24, 2.45) is 0 Å². The van der Waals surface area contributed by atoms with Gasteiger partial charge < -0.3 is 10.1 Å². The average molecular weight is 390 g/mol. The lowest BCUT2D eigenvalue weighted by atomic mass is 10.1. The van der Waals surface area contributed by atoms with Gasteiger partial charge in [0.05, 0.1) is 12.2 Å². The van der Waals surface area contributed by atoms with E-state index in [-0.39, 0.29) is 11.9 Å². The summed E-state index contributed by atoms with van der Waals surface area (Å²) < 4.78 is 5.27. The van der Waals surface area contributed by atoms with Crippen LogP contribution in [0.5, 0.6) is 0 Å². The topological polar surface area (TPSA) is 55.4 Å². The third-order valence-electron chi connectivity index (χ3n) is 4.46. The number of ether oxygens (including phenoxy) is 1. The number of carbonyl (C=O) groups excluding carboxylic acids is 2.